The second kappa shape index (κ2) is 11.4. The van der Waals surface area contributed by atoms with E-state index in [0.717, 1.165) is 12.1 Å². The lowest BCUT2D eigenvalue weighted by molar-refractivity contribution is -0.137. The zero-order valence-electron chi connectivity index (χ0n) is 14.4. The van der Waals surface area contributed by atoms with Crippen molar-refractivity contribution in [3.63, 3.8) is 0 Å². The Morgan fingerprint density at radius 2 is 1.92 bits per heavy atom. The molecule has 0 aliphatic heterocycles. The molecule has 0 bridgehead atoms. The van der Waals surface area contributed by atoms with Gasteiger partial charge in [-0.15, -0.1) is 12.4 Å². The summed E-state index contributed by atoms with van der Waals surface area (Å²) in [6.07, 6.45) is -3.98. The number of nitrogens with zero attached hydrogens (tertiary/aromatic N) is 2. The maximum atomic E-state index is 12.6. The smallest absolute Gasteiger partial charge is 0.416 e. The summed E-state index contributed by atoms with van der Waals surface area (Å²) in [6.45, 7) is 4.06. The van der Waals surface area contributed by atoms with E-state index in [0.29, 0.717) is 6.42 Å². The normalized spacial score (nSPS) is 12.7. The van der Waals surface area contributed by atoms with Crippen molar-refractivity contribution in [3.8, 4) is 5.75 Å². The van der Waals surface area contributed by atoms with Crippen LogP contribution in [-0.4, -0.2) is 31.2 Å². The van der Waals surface area contributed by atoms with Crippen LogP contribution < -0.4 is 21.7 Å². The Kier molecular flexibility index (Phi) is 10.5. The van der Waals surface area contributed by atoms with Gasteiger partial charge in [0.15, 0.2) is 0 Å². The maximum absolute atomic E-state index is 12.6. The van der Waals surface area contributed by atoms with Crippen LogP contribution in [0, 0.1) is 0 Å². The van der Waals surface area contributed by atoms with Gasteiger partial charge in [-0.3, -0.25) is 4.84 Å². The number of ether oxygens (including phenoxy) is 1. The molecule has 0 spiro atoms. The van der Waals surface area contributed by atoms with Crippen LogP contribution in [0.2, 0.25) is 0 Å². The van der Waals surface area contributed by atoms with Gasteiger partial charge in [0.1, 0.15) is 5.75 Å². The summed E-state index contributed by atoms with van der Waals surface area (Å²) >= 11 is 0. The van der Waals surface area contributed by atoms with Gasteiger partial charge in [0.05, 0.1) is 18.8 Å². The molecule has 0 saturated carbocycles. The van der Waals surface area contributed by atoms with Crippen LogP contribution >= 0.6 is 12.4 Å². The molecule has 0 radical (unpaired) electrons. The van der Waals surface area contributed by atoms with Crippen molar-refractivity contribution in [2.45, 2.75) is 32.5 Å². The third kappa shape index (κ3) is 9.94. The molecule has 0 unspecified atom stereocenters. The van der Waals surface area contributed by atoms with Crippen LogP contribution in [0.25, 0.3) is 0 Å². The first-order valence-electron chi connectivity index (χ1n) is 7.53. The van der Waals surface area contributed by atoms with Gasteiger partial charge in [0.25, 0.3) is 0 Å². The minimum absolute atomic E-state index is 0. The zero-order valence-corrected chi connectivity index (χ0v) is 15.2. The van der Waals surface area contributed by atoms with Gasteiger partial charge in [-0.2, -0.15) is 18.2 Å². The lowest BCUT2D eigenvalue weighted by atomic mass is 10.2. The number of nitrogens with one attached hydrogen (secondary N) is 1. The van der Waals surface area contributed by atoms with Crippen molar-refractivity contribution >= 4 is 24.3 Å². The number of benzene rings is 1. The minimum Gasteiger partial charge on any atom is -0.493 e. The fourth-order valence-corrected chi connectivity index (χ4v) is 1.65. The van der Waals surface area contributed by atoms with E-state index in [1.54, 1.807) is 0 Å². The van der Waals surface area contributed by atoms with Gasteiger partial charge in [-0.1, -0.05) is 6.07 Å². The summed E-state index contributed by atoms with van der Waals surface area (Å²) in [5, 5.41) is 0. The highest BCUT2D eigenvalue weighted by Gasteiger charge is 2.30. The molecule has 1 aromatic carbocycles. The molecule has 5 N–H and O–H groups in total. The minimum atomic E-state index is -4.40. The Balaban J connectivity index is 0.00000625. The molecule has 7 nitrogen and oxygen atoms in total. The van der Waals surface area contributed by atoms with Gasteiger partial charge in [0, 0.05) is 12.5 Å². The highest BCUT2D eigenvalue weighted by molar-refractivity contribution is 5.92. The predicted molar refractivity (Wildman–Crippen MR) is 96.3 cm³/mol. The van der Waals surface area contributed by atoms with E-state index in [4.69, 9.17) is 21.0 Å². The van der Waals surface area contributed by atoms with E-state index < -0.39 is 11.7 Å². The molecule has 0 aliphatic rings. The number of halogens is 4. The average molecular weight is 398 g/mol. The molecule has 0 atom stereocenters. The molecule has 0 aliphatic carbocycles. The predicted octanol–water partition coefficient (Wildman–Crippen LogP) is 2.46. The van der Waals surface area contributed by atoms with E-state index in [9.17, 15) is 13.2 Å². The quantitative estimate of drug-likeness (QED) is 0.283. The summed E-state index contributed by atoms with van der Waals surface area (Å²) in [5.74, 6) is 0.110. The standard InChI is InChI=1S/C15H22F3N5O2.ClH/c1-10(2)21-13(19)22-14(20)23-25-8-4-7-24-12-6-3-5-11(9-12)15(16,17)18;/h3,5-6,9-10H,4,7-8H2,1-2H3,(H5,19,20,21,22,23);1H. The Bertz CT molecular complexity index is 609. The zero-order chi connectivity index (χ0) is 18.9. The van der Waals surface area contributed by atoms with E-state index in [-0.39, 0.29) is 49.3 Å². The molecular weight excluding hydrogens is 375 g/mol. The molecule has 0 saturated heterocycles. The Labute approximate surface area is 156 Å². The summed E-state index contributed by atoms with van der Waals surface area (Å²) in [6, 6.07) is 4.66. The summed E-state index contributed by atoms with van der Waals surface area (Å²) < 4.78 is 43.0. The van der Waals surface area contributed by atoms with Crippen molar-refractivity contribution in [3.05, 3.63) is 29.8 Å². The number of nitrogens with two attached hydrogens (primary N) is 2. The molecule has 1 rings (SSSR count). The SMILES string of the molecule is CC(C)N=C(N)/N=C(\N)NOCCCOc1cccc(C(F)(F)F)c1.Cl. The van der Waals surface area contributed by atoms with Gasteiger partial charge >= 0.3 is 6.18 Å². The molecule has 0 fully saturated rings. The van der Waals surface area contributed by atoms with Crippen LogP contribution in [0.3, 0.4) is 0 Å². The second-order valence-corrected chi connectivity index (χ2v) is 5.26. The summed E-state index contributed by atoms with van der Waals surface area (Å²) in [5.41, 5.74) is 12.7. The third-order valence-corrected chi connectivity index (χ3v) is 2.62. The molecule has 0 aromatic heterocycles. The number of hydroxylamine groups is 1. The van der Waals surface area contributed by atoms with Crippen molar-refractivity contribution in [1.82, 2.24) is 5.48 Å². The molecule has 0 heterocycles. The summed E-state index contributed by atoms with van der Waals surface area (Å²) in [7, 11) is 0. The van der Waals surface area contributed by atoms with E-state index in [2.05, 4.69) is 15.5 Å². The van der Waals surface area contributed by atoms with E-state index in [1.165, 1.54) is 12.1 Å². The first-order valence-corrected chi connectivity index (χ1v) is 7.53. The lowest BCUT2D eigenvalue weighted by Crippen LogP contribution is -2.34. The van der Waals surface area contributed by atoms with Gasteiger partial charge < -0.3 is 16.2 Å². The molecular formula is C15H23ClF3N5O2. The second-order valence-electron chi connectivity index (χ2n) is 5.26. The fourth-order valence-electron chi connectivity index (χ4n) is 1.65. The van der Waals surface area contributed by atoms with Gasteiger partial charge in [-0.05, 0) is 32.0 Å². The Morgan fingerprint density at radius 3 is 2.54 bits per heavy atom. The largest absolute Gasteiger partial charge is 0.493 e. The lowest BCUT2D eigenvalue weighted by Gasteiger charge is -2.10. The highest BCUT2D eigenvalue weighted by atomic mass is 35.5. The summed E-state index contributed by atoms with van der Waals surface area (Å²) in [4.78, 5) is 12.8. The van der Waals surface area contributed by atoms with Gasteiger partial charge in [-0.25, -0.2) is 10.5 Å². The number of rotatable bonds is 7. The van der Waals surface area contributed by atoms with E-state index >= 15 is 0 Å². The maximum Gasteiger partial charge on any atom is 0.416 e. The monoisotopic (exact) mass is 397 g/mol. The molecule has 0 amide bonds. The number of hydrogen-bond donors (Lipinski definition) is 3. The van der Waals surface area contributed by atoms with Crippen LogP contribution in [0.15, 0.2) is 34.3 Å². The third-order valence-electron chi connectivity index (χ3n) is 2.62. The Hall–Kier alpha value is -2.20. The van der Waals surface area contributed by atoms with E-state index in [1.807, 2.05) is 13.8 Å². The van der Waals surface area contributed by atoms with Crippen molar-refractivity contribution in [2.75, 3.05) is 13.2 Å². The molecule has 148 valence electrons. The number of alkyl halides is 3. The highest BCUT2D eigenvalue weighted by Crippen LogP contribution is 2.31. The van der Waals surface area contributed by atoms with Crippen molar-refractivity contribution < 1.29 is 22.7 Å². The van der Waals surface area contributed by atoms with Crippen LogP contribution in [-0.2, 0) is 11.0 Å². The molecule has 26 heavy (non-hydrogen) atoms. The first kappa shape index (κ1) is 23.8. The Morgan fingerprint density at radius 1 is 1.23 bits per heavy atom. The van der Waals surface area contributed by atoms with Crippen LogP contribution in [0.5, 0.6) is 5.75 Å². The first-order chi connectivity index (χ1) is 11.7. The van der Waals surface area contributed by atoms with Gasteiger partial charge in [0.2, 0.25) is 11.9 Å². The number of guanidine groups is 2. The number of hydrogen-bond acceptors (Lipinski definition) is 3. The number of aliphatic imine (C=N–C) groups is 2. The van der Waals surface area contributed by atoms with Crippen molar-refractivity contribution in [1.29, 1.82) is 0 Å². The molecule has 1 aromatic rings. The van der Waals surface area contributed by atoms with Crippen molar-refractivity contribution in [2.24, 2.45) is 21.5 Å². The topological polar surface area (TPSA) is 107 Å². The van der Waals surface area contributed by atoms with Crippen LogP contribution in [0.1, 0.15) is 25.8 Å². The molecule has 11 heteroatoms. The van der Waals surface area contributed by atoms with Crippen LogP contribution in [0.4, 0.5) is 13.2 Å². The fraction of sp³-hybridized carbons (Fsp3) is 0.467. The average Bonchev–Trinajstić information content (AvgIpc) is 2.49.